The molecule has 10 heteroatoms. The van der Waals surface area contributed by atoms with E-state index in [4.69, 9.17) is 4.74 Å². The summed E-state index contributed by atoms with van der Waals surface area (Å²) in [5.41, 5.74) is 3.24. The number of sulfone groups is 1. The Balaban J connectivity index is 1.67. The van der Waals surface area contributed by atoms with E-state index >= 15 is 0 Å². The Kier molecular flexibility index (Phi) is 5.46. The van der Waals surface area contributed by atoms with Crippen molar-refractivity contribution >= 4 is 44.4 Å². The second-order valence-electron chi connectivity index (χ2n) is 7.27. The predicted molar refractivity (Wildman–Crippen MR) is 118 cm³/mol. The van der Waals surface area contributed by atoms with Crippen LogP contribution in [0.3, 0.4) is 0 Å². The number of carbonyl (C=O) groups excluding carboxylic acids is 1. The van der Waals surface area contributed by atoms with Crippen molar-refractivity contribution in [3.8, 4) is 5.75 Å². The van der Waals surface area contributed by atoms with Crippen LogP contribution in [0.5, 0.6) is 5.75 Å². The first-order valence-corrected chi connectivity index (χ1v) is 12.1. The number of hydrogen-bond acceptors (Lipinski definition) is 7. The second kappa shape index (κ2) is 7.92. The Hall–Kier alpha value is -2.59. The van der Waals surface area contributed by atoms with E-state index in [-0.39, 0.29) is 22.8 Å². The van der Waals surface area contributed by atoms with Gasteiger partial charge in [-0.3, -0.25) is 9.48 Å². The van der Waals surface area contributed by atoms with Gasteiger partial charge >= 0.3 is 0 Å². The standard InChI is InChI=1S/C20H22N4O4S2/c1-12-17(13(2)24(23-12)15-8-9-30(26,27)11-15)10-18-19(22-20(25)29-18)21-14-4-6-16(28-3)7-5-14/h4-7,10,15H,8-9,11H2,1-3H3,(H,21,22,25)/b18-10-/t15-/m0/s1. The Bertz CT molecular complexity index is 1160. The number of nitrogens with zero attached hydrogens (tertiary/aromatic N) is 3. The Morgan fingerprint density at radius 3 is 2.67 bits per heavy atom. The molecule has 8 nitrogen and oxygen atoms in total. The number of aliphatic imine (C=N–C) groups is 1. The summed E-state index contributed by atoms with van der Waals surface area (Å²) in [5, 5.41) is 7.17. The molecule has 2 aliphatic rings. The van der Waals surface area contributed by atoms with E-state index < -0.39 is 9.84 Å². The number of amidine groups is 1. The van der Waals surface area contributed by atoms with E-state index in [0.717, 1.165) is 34.5 Å². The van der Waals surface area contributed by atoms with Gasteiger partial charge < -0.3 is 10.1 Å². The molecule has 1 N–H and O–H groups in total. The van der Waals surface area contributed by atoms with Crippen molar-refractivity contribution in [2.75, 3.05) is 18.6 Å². The zero-order valence-electron chi connectivity index (χ0n) is 16.9. The molecule has 1 amide bonds. The van der Waals surface area contributed by atoms with E-state index in [1.165, 1.54) is 0 Å². The number of benzene rings is 1. The topological polar surface area (TPSA) is 103 Å². The first kappa shape index (κ1) is 20.7. The van der Waals surface area contributed by atoms with Crippen LogP contribution in [0, 0.1) is 13.8 Å². The van der Waals surface area contributed by atoms with Gasteiger partial charge in [-0.2, -0.15) is 5.10 Å². The molecule has 3 heterocycles. The van der Waals surface area contributed by atoms with Gasteiger partial charge in [-0.05, 0) is 62.4 Å². The maximum atomic E-state index is 12.0. The molecule has 0 unspecified atom stereocenters. The number of hydrogen-bond donors (Lipinski definition) is 1. The summed E-state index contributed by atoms with van der Waals surface area (Å²) in [6.45, 7) is 3.81. The number of amides is 1. The summed E-state index contributed by atoms with van der Waals surface area (Å²) < 4.78 is 30.7. The van der Waals surface area contributed by atoms with Gasteiger partial charge in [0.15, 0.2) is 9.84 Å². The molecule has 30 heavy (non-hydrogen) atoms. The molecule has 1 aromatic carbocycles. The predicted octanol–water partition coefficient (Wildman–Crippen LogP) is 3.40. The van der Waals surface area contributed by atoms with Gasteiger partial charge in [-0.25, -0.2) is 13.4 Å². The molecular formula is C20H22N4O4S2. The van der Waals surface area contributed by atoms with Gasteiger partial charge in [-0.1, -0.05) is 0 Å². The molecule has 0 aliphatic carbocycles. The van der Waals surface area contributed by atoms with Crippen molar-refractivity contribution in [1.29, 1.82) is 0 Å². The molecule has 0 radical (unpaired) electrons. The quantitative estimate of drug-likeness (QED) is 0.772. The molecule has 2 saturated heterocycles. The smallest absolute Gasteiger partial charge is 0.289 e. The van der Waals surface area contributed by atoms with Crippen molar-refractivity contribution in [2.45, 2.75) is 26.3 Å². The SMILES string of the molecule is COc1ccc(N=C2NC(=O)S/C2=C\c2c(C)nn([C@H]3CCS(=O)(=O)C3)c2C)cc1. The second-order valence-corrected chi connectivity index (χ2v) is 10.5. The minimum absolute atomic E-state index is 0.115. The van der Waals surface area contributed by atoms with Crippen molar-refractivity contribution in [1.82, 2.24) is 15.1 Å². The zero-order valence-corrected chi connectivity index (χ0v) is 18.5. The van der Waals surface area contributed by atoms with Crippen LogP contribution in [0.25, 0.3) is 6.08 Å². The lowest BCUT2D eigenvalue weighted by Gasteiger charge is -2.11. The Morgan fingerprint density at radius 1 is 1.30 bits per heavy atom. The van der Waals surface area contributed by atoms with Crippen LogP contribution in [0.4, 0.5) is 10.5 Å². The third-order valence-corrected chi connectivity index (χ3v) is 7.75. The van der Waals surface area contributed by atoms with E-state index in [9.17, 15) is 13.2 Å². The third-order valence-electron chi connectivity index (χ3n) is 5.18. The Morgan fingerprint density at radius 2 is 2.03 bits per heavy atom. The molecule has 2 fully saturated rings. The van der Waals surface area contributed by atoms with E-state index in [1.807, 2.05) is 32.1 Å². The highest BCUT2D eigenvalue weighted by Crippen LogP contribution is 2.32. The van der Waals surface area contributed by atoms with Crippen molar-refractivity contribution in [3.63, 3.8) is 0 Å². The molecule has 1 aromatic heterocycles. The average Bonchev–Trinajstić information content (AvgIpc) is 3.33. The van der Waals surface area contributed by atoms with Crippen molar-refractivity contribution < 1.29 is 17.9 Å². The summed E-state index contributed by atoms with van der Waals surface area (Å²) in [5.74, 6) is 1.51. The number of rotatable bonds is 4. The molecule has 2 aliphatic heterocycles. The van der Waals surface area contributed by atoms with Crippen LogP contribution in [-0.4, -0.2) is 47.9 Å². The van der Waals surface area contributed by atoms with Crippen LogP contribution >= 0.6 is 11.8 Å². The summed E-state index contributed by atoms with van der Waals surface area (Å²) in [6.07, 6.45) is 2.46. The summed E-state index contributed by atoms with van der Waals surface area (Å²) in [7, 11) is -1.41. The average molecular weight is 447 g/mol. The molecule has 0 bridgehead atoms. The van der Waals surface area contributed by atoms with Gasteiger partial charge in [0.25, 0.3) is 5.24 Å². The minimum atomic E-state index is -3.01. The molecule has 1 atom stereocenters. The number of aromatic nitrogens is 2. The van der Waals surface area contributed by atoms with Gasteiger partial charge in [0.05, 0.1) is 40.9 Å². The molecule has 0 spiro atoms. The largest absolute Gasteiger partial charge is 0.497 e. The summed E-state index contributed by atoms with van der Waals surface area (Å²) in [4.78, 5) is 17.3. The molecule has 0 saturated carbocycles. The number of thioether (sulfide) groups is 1. The molecule has 2 aromatic rings. The lowest BCUT2D eigenvalue weighted by atomic mass is 10.1. The van der Waals surface area contributed by atoms with Crippen LogP contribution in [0.15, 0.2) is 34.2 Å². The maximum Gasteiger partial charge on any atom is 0.289 e. The highest BCUT2D eigenvalue weighted by atomic mass is 32.2. The van der Waals surface area contributed by atoms with Crippen molar-refractivity contribution in [3.05, 3.63) is 46.1 Å². The van der Waals surface area contributed by atoms with Gasteiger partial charge in [0.2, 0.25) is 0 Å². The monoisotopic (exact) mass is 446 g/mol. The van der Waals surface area contributed by atoms with Crippen LogP contribution in [0.2, 0.25) is 0 Å². The number of aryl methyl sites for hydroxylation is 1. The highest BCUT2D eigenvalue weighted by Gasteiger charge is 2.32. The molecule has 4 rings (SSSR count). The van der Waals surface area contributed by atoms with Gasteiger partial charge in [0, 0.05) is 11.3 Å². The van der Waals surface area contributed by atoms with Crippen LogP contribution in [-0.2, 0) is 9.84 Å². The summed E-state index contributed by atoms with van der Waals surface area (Å²) >= 11 is 1.08. The fraction of sp³-hybridized carbons (Fsp3) is 0.350. The first-order chi connectivity index (χ1) is 14.3. The lowest BCUT2D eigenvalue weighted by molar-refractivity contribution is 0.265. The van der Waals surface area contributed by atoms with Gasteiger partial charge in [0.1, 0.15) is 11.6 Å². The number of carbonyl (C=O) groups is 1. The highest BCUT2D eigenvalue weighted by molar-refractivity contribution is 8.18. The number of methoxy groups -OCH3 is 1. The maximum absolute atomic E-state index is 12.0. The van der Waals surface area contributed by atoms with Gasteiger partial charge in [-0.15, -0.1) is 0 Å². The normalized spacial score (nSPS) is 23.3. The number of nitrogens with one attached hydrogen (secondary N) is 1. The third kappa shape index (κ3) is 4.15. The fourth-order valence-corrected chi connectivity index (χ4v) is 6.05. The molecule has 158 valence electrons. The first-order valence-electron chi connectivity index (χ1n) is 9.45. The lowest BCUT2D eigenvalue weighted by Crippen LogP contribution is -2.18. The van der Waals surface area contributed by atoms with Crippen LogP contribution in [0.1, 0.15) is 29.4 Å². The van der Waals surface area contributed by atoms with E-state index in [1.54, 1.807) is 23.9 Å². The Labute approximate surface area is 179 Å². The zero-order chi connectivity index (χ0) is 21.5. The minimum Gasteiger partial charge on any atom is -0.497 e. The molecular weight excluding hydrogens is 424 g/mol. The van der Waals surface area contributed by atoms with Crippen LogP contribution < -0.4 is 10.1 Å². The fourth-order valence-electron chi connectivity index (χ4n) is 3.64. The summed E-state index contributed by atoms with van der Waals surface area (Å²) in [6, 6.07) is 7.09. The van der Waals surface area contributed by atoms with E-state index in [2.05, 4.69) is 15.4 Å². The van der Waals surface area contributed by atoms with E-state index in [0.29, 0.717) is 22.8 Å². The number of ether oxygens (including phenoxy) is 1. The van der Waals surface area contributed by atoms with Crippen molar-refractivity contribution in [2.24, 2.45) is 4.99 Å².